The van der Waals surface area contributed by atoms with Crippen molar-refractivity contribution >= 4 is 62.3 Å². The van der Waals surface area contributed by atoms with E-state index in [1.165, 1.54) is 17.0 Å². The number of nitrogens with one attached hydrogen (secondary N) is 1. The van der Waals surface area contributed by atoms with Gasteiger partial charge in [-0.25, -0.2) is 8.42 Å². The Hall–Kier alpha value is -2.00. The largest absolute Gasteiger partial charge is 0.352 e. The van der Waals surface area contributed by atoms with E-state index in [1.807, 2.05) is 52.0 Å². The number of sulfonamides is 1. The molecule has 0 aliphatic carbocycles. The summed E-state index contributed by atoms with van der Waals surface area (Å²) in [6, 6.07) is 9.26. The Balaban J connectivity index is 2.52. The molecule has 0 saturated heterocycles. The van der Waals surface area contributed by atoms with Crippen molar-refractivity contribution < 1.29 is 18.0 Å². The van der Waals surface area contributed by atoms with Crippen molar-refractivity contribution in [3.8, 4) is 0 Å². The fourth-order valence-corrected chi connectivity index (χ4v) is 5.18. The molecule has 0 fully saturated rings. The van der Waals surface area contributed by atoms with Crippen molar-refractivity contribution in [1.82, 2.24) is 10.2 Å². The van der Waals surface area contributed by atoms with Crippen LogP contribution >= 0.6 is 34.8 Å². The number of hydrogen-bond acceptors (Lipinski definition) is 4. The van der Waals surface area contributed by atoms with E-state index >= 15 is 0 Å². The second-order valence-corrected chi connectivity index (χ2v) is 11.8. The molecular weight excluding hydrogens is 545 g/mol. The predicted molar refractivity (Wildman–Crippen MR) is 147 cm³/mol. The number of nitrogens with zero attached hydrogens (tertiary/aromatic N) is 2. The topological polar surface area (TPSA) is 86.8 Å². The van der Waals surface area contributed by atoms with E-state index in [0.29, 0.717) is 6.42 Å². The third-order valence-corrected chi connectivity index (χ3v) is 8.08. The average molecular weight is 577 g/mol. The third kappa shape index (κ3) is 7.75. The molecule has 7 nitrogen and oxygen atoms in total. The number of carbonyl (C=O) groups is 2. The number of halogens is 3. The molecule has 0 unspecified atom stereocenters. The van der Waals surface area contributed by atoms with Crippen LogP contribution in [0, 0.1) is 6.92 Å². The molecule has 36 heavy (non-hydrogen) atoms. The summed E-state index contributed by atoms with van der Waals surface area (Å²) in [5.74, 6) is -0.857. The van der Waals surface area contributed by atoms with Crippen LogP contribution in [-0.2, 0) is 26.2 Å². The second-order valence-electron chi connectivity index (χ2n) is 8.68. The van der Waals surface area contributed by atoms with Crippen molar-refractivity contribution in [1.29, 1.82) is 0 Å². The summed E-state index contributed by atoms with van der Waals surface area (Å²) in [6.45, 7) is 7.11. The number of carbonyl (C=O) groups excluding carboxylic acids is 2. The van der Waals surface area contributed by atoms with E-state index < -0.39 is 28.5 Å². The first-order valence-electron chi connectivity index (χ1n) is 11.6. The van der Waals surface area contributed by atoms with Crippen LogP contribution in [0.15, 0.2) is 36.4 Å². The van der Waals surface area contributed by atoms with Crippen LogP contribution in [0.2, 0.25) is 15.1 Å². The molecule has 198 valence electrons. The lowest BCUT2D eigenvalue weighted by atomic mass is 10.1. The fraction of sp³-hybridized carbons (Fsp3) is 0.440. The highest BCUT2D eigenvalue weighted by atomic mass is 35.5. The van der Waals surface area contributed by atoms with E-state index in [4.69, 9.17) is 34.8 Å². The van der Waals surface area contributed by atoms with E-state index in [1.54, 1.807) is 0 Å². The van der Waals surface area contributed by atoms with Gasteiger partial charge in [0.25, 0.3) is 0 Å². The predicted octanol–water partition coefficient (Wildman–Crippen LogP) is 5.44. The average Bonchev–Trinajstić information content (AvgIpc) is 2.80. The standard InChI is InChI=1S/C25H32Cl3N3O4S/c1-6-17(4)29-25(33)22(7-2)30(14-18-11-9-8-10-16(18)3)24(32)15-31(36(5,34)35)23-13-20(27)19(26)12-21(23)28/h8-13,17,22H,6-7,14-15H2,1-5H3,(H,29,33)/t17-,22-/m1/s1. The fourth-order valence-electron chi connectivity index (χ4n) is 3.63. The van der Waals surface area contributed by atoms with Gasteiger partial charge in [-0.15, -0.1) is 0 Å². The Labute approximate surface area is 228 Å². The lowest BCUT2D eigenvalue weighted by Crippen LogP contribution is -2.53. The molecule has 11 heteroatoms. The smallest absolute Gasteiger partial charge is 0.244 e. The first kappa shape index (κ1) is 30.2. The first-order valence-corrected chi connectivity index (χ1v) is 14.5. The molecule has 0 radical (unpaired) electrons. The second kappa shape index (κ2) is 13.0. The summed E-state index contributed by atoms with van der Waals surface area (Å²) < 4.78 is 26.4. The Bertz CT molecular complexity index is 1210. The quantitative estimate of drug-likeness (QED) is 0.361. The van der Waals surface area contributed by atoms with Crippen LogP contribution in [0.25, 0.3) is 0 Å². The van der Waals surface area contributed by atoms with Crippen molar-refractivity contribution in [3.05, 3.63) is 62.6 Å². The highest BCUT2D eigenvalue weighted by Gasteiger charge is 2.33. The third-order valence-electron chi connectivity index (χ3n) is 5.93. The number of benzene rings is 2. The molecule has 0 saturated carbocycles. The SMILES string of the molecule is CC[C@@H](C)NC(=O)[C@@H](CC)N(Cc1ccccc1C)C(=O)CN(c1cc(Cl)c(Cl)cc1Cl)S(C)(=O)=O. The van der Waals surface area contributed by atoms with E-state index in [9.17, 15) is 18.0 Å². The van der Waals surface area contributed by atoms with Gasteiger partial charge in [0.1, 0.15) is 12.6 Å². The van der Waals surface area contributed by atoms with Crippen molar-refractivity contribution in [2.45, 2.75) is 59.2 Å². The summed E-state index contributed by atoms with van der Waals surface area (Å²) in [5, 5.41) is 3.20. The summed E-state index contributed by atoms with van der Waals surface area (Å²) in [4.78, 5) is 28.3. The maximum atomic E-state index is 13.8. The highest BCUT2D eigenvalue weighted by molar-refractivity contribution is 7.92. The van der Waals surface area contributed by atoms with E-state index in [-0.39, 0.29) is 39.2 Å². The van der Waals surface area contributed by atoms with Crippen molar-refractivity contribution in [2.75, 3.05) is 17.1 Å². The van der Waals surface area contributed by atoms with Gasteiger partial charge in [-0.2, -0.15) is 0 Å². The molecule has 0 aromatic heterocycles. The minimum Gasteiger partial charge on any atom is -0.352 e. The van der Waals surface area contributed by atoms with Gasteiger partial charge in [-0.3, -0.25) is 13.9 Å². The maximum absolute atomic E-state index is 13.8. The number of rotatable bonds is 11. The van der Waals surface area contributed by atoms with Crippen molar-refractivity contribution in [3.63, 3.8) is 0 Å². The molecule has 0 aliphatic heterocycles. The Morgan fingerprint density at radius 3 is 2.17 bits per heavy atom. The van der Waals surface area contributed by atoms with Gasteiger partial charge in [-0.1, -0.05) is 72.9 Å². The lowest BCUT2D eigenvalue weighted by molar-refractivity contribution is -0.140. The van der Waals surface area contributed by atoms with Crippen LogP contribution in [0.3, 0.4) is 0 Å². The molecule has 2 atom stereocenters. The molecule has 0 spiro atoms. The molecule has 2 amide bonds. The minimum absolute atomic E-state index is 0.0228. The molecule has 0 aliphatic rings. The highest BCUT2D eigenvalue weighted by Crippen LogP contribution is 2.35. The van der Waals surface area contributed by atoms with Gasteiger partial charge in [0.05, 0.1) is 27.0 Å². The molecule has 2 aromatic rings. The minimum atomic E-state index is -3.96. The summed E-state index contributed by atoms with van der Waals surface area (Å²) in [5.41, 5.74) is 1.81. The van der Waals surface area contributed by atoms with Gasteiger partial charge in [0.2, 0.25) is 21.8 Å². The molecule has 1 N–H and O–H groups in total. The normalized spacial score (nSPS) is 13.1. The Kier molecular flexibility index (Phi) is 10.9. The zero-order chi connectivity index (χ0) is 27.2. The number of aryl methyl sites for hydroxylation is 1. The number of amides is 2. The van der Waals surface area contributed by atoms with Gasteiger partial charge in [0, 0.05) is 12.6 Å². The Morgan fingerprint density at radius 2 is 1.61 bits per heavy atom. The summed E-state index contributed by atoms with van der Waals surface area (Å²) in [6.07, 6.45) is 2.04. The monoisotopic (exact) mass is 575 g/mol. The number of anilines is 1. The first-order chi connectivity index (χ1) is 16.8. The molecular formula is C25H32Cl3N3O4S. The number of hydrogen-bond donors (Lipinski definition) is 1. The summed E-state index contributed by atoms with van der Waals surface area (Å²) in [7, 11) is -3.96. The lowest BCUT2D eigenvalue weighted by Gasteiger charge is -2.34. The zero-order valence-corrected chi connectivity index (χ0v) is 24.1. The van der Waals surface area contributed by atoms with Gasteiger partial charge >= 0.3 is 0 Å². The van der Waals surface area contributed by atoms with Crippen LogP contribution in [0.4, 0.5) is 5.69 Å². The molecule has 0 heterocycles. The van der Waals surface area contributed by atoms with Crippen LogP contribution < -0.4 is 9.62 Å². The molecule has 0 bridgehead atoms. The van der Waals surface area contributed by atoms with Crippen LogP contribution in [0.1, 0.15) is 44.7 Å². The van der Waals surface area contributed by atoms with Gasteiger partial charge in [0.15, 0.2) is 0 Å². The van der Waals surface area contributed by atoms with E-state index in [2.05, 4.69) is 5.32 Å². The van der Waals surface area contributed by atoms with Gasteiger partial charge < -0.3 is 10.2 Å². The van der Waals surface area contributed by atoms with E-state index in [0.717, 1.165) is 28.1 Å². The maximum Gasteiger partial charge on any atom is 0.244 e. The van der Waals surface area contributed by atoms with Crippen LogP contribution in [-0.4, -0.2) is 50.0 Å². The Morgan fingerprint density at radius 1 is 1.00 bits per heavy atom. The molecule has 2 aromatic carbocycles. The van der Waals surface area contributed by atoms with Gasteiger partial charge in [-0.05, 0) is 49.9 Å². The van der Waals surface area contributed by atoms with Crippen LogP contribution in [0.5, 0.6) is 0 Å². The molecule has 2 rings (SSSR count). The summed E-state index contributed by atoms with van der Waals surface area (Å²) >= 11 is 18.4. The van der Waals surface area contributed by atoms with Crippen molar-refractivity contribution in [2.24, 2.45) is 0 Å². The zero-order valence-electron chi connectivity index (χ0n) is 21.0.